The van der Waals surface area contributed by atoms with Crippen molar-refractivity contribution in [2.75, 3.05) is 26.8 Å². The number of benzene rings is 3. The quantitative estimate of drug-likeness (QED) is 0.575. The molecule has 1 aliphatic rings. The second-order valence-corrected chi connectivity index (χ2v) is 8.00. The summed E-state index contributed by atoms with van der Waals surface area (Å²) in [5, 5.41) is 11.8. The van der Waals surface area contributed by atoms with Crippen LogP contribution in [0.1, 0.15) is 36.9 Å². The SMILES string of the molecule is CCOc1ccc(C(c2ccc3ccccc3c2)N2CCC(C(=O)O)CC2)cc1OC. The normalized spacial score (nSPS) is 16.2. The minimum absolute atomic E-state index is 0.0175. The molecular formula is C26H29NO4. The van der Waals surface area contributed by atoms with Gasteiger partial charge in [0, 0.05) is 0 Å². The number of fused-ring (bicyclic) bond motifs is 1. The standard InChI is InChI=1S/C26H29NO4/c1-3-31-23-11-10-22(17-24(23)30-2)25(27-14-12-19(13-15-27)26(28)29)21-9-8-18-6-4-5-7-20(18)16-21/h4-11,16-17,19,25H,3,12-15H2,1-2H3,(H,28,29). The highest BCUT2D eigenvalue weighted by molar-refractivity contribution is 5.83. The van der Waals surface area contributed by atoms with Crippen LogP contribution < -0.4 is 9.47 Å². The van der Waals surface area contributed by atoms with Crippen LogP contribution in [0.3, 0.4) is 0 Å². The largest absolute Gasteiger partial charge is 0.493 e. The fourth-order valence-electron chi connectivity index (χ4n) is 4.53. The molecule has 1 aliphatic heterocycles. The highest BCUT2D eigenvalue weighted by Gasteiger charge is 2.30. The van der Waals surface area contributed by atoms with E-state index in [1.165, 1.54) is 16.3 Å². The number of likely N-dealkylation sites (tertiary alicyclic amines) is 1. The van der Waals surface area contributed by atoms with Crippen molar-refractivity contribution in [1.29, 1.82) is 0 Å². The molecule has 1 heterocycles. The van der Waals surface area contributed by atoms with Gasteiger partial charge in [-0.2, -0.15) is 0 Å². The zero-order chi connectivity index (χ0) is 21.8. The Morgan fingerprint density at radius 3 is 2.35 bits per heavy atom. The minimum atomic E-state index is -0.690. The lowest BCUT2D eigenvalue weighted by atomic mass is 9.90. The second-order valence-electron chi connectivity index (χ2n) is 8.00. The van der Waals surface area contributed by atoms with Crippen molar-refractivity contribution in [3.8, 4) is 11.5 Å². The van der Waals surface area contributed by atoms with Gasteiger partial charge in [-0.15, -0.1) is 0 Å². The van der Waals surface area contributed by atoms with Crippen LogP contribution in [0, 0.1) is 5.92 Å². The zero-order valence-electron chi connectivity index (χ0n) is 18.1. The molecule has 0 amide bonds. The molecule has 5 nitrogen and oxygen atoms in total. The first-order valence-corrected chi connectivity index (χ1v) is 10.9. The van der Waals surface area contributed by atoms with Crippen LogP contribution in [0.25, 0.3) is 10.8 Å². The summed E-state index contributed by atoms with van der Waals surface area (Å²) < 4.78 is 11.3. The lowest BCUT2D eigenvalue weighted by molar-refractivity contribution is -0.143. The number of ether oxygens (including phenoxy) is 2. The molecule has 0 aliphatic carbocycles. The molecule has 1 saturated heterocycles. The Labute approximate surface area is 183 Å². The molecule has 4 rings (SSSR count). The third-order valence-corrected chi connectivity index (χ3v) is 6.14. The fraction of sp³-hybridized carbons (Fsp3) is 0.346. The molecule has 1 N–H and O–H groups in total. The van der Waals surface area contributed by atoms with Gasteiger partial charge in [-0.05, 0) is 73.0 Å². The van der Waals surface area contributed by atoms with Crippen LogP contribution in [0.15, 0.2) is 60.7 Å². The molecule has 0 aromatic heterocycles. The van der Waals surface area contributed by atoms with Gasteiger partial charge in [-0.25, -0.2) is 0 Å². The van der Waals surface area contributed by atoms with Crippen LogP contribution in [-0.2, 0) is 4.79 Å². The smallest absolute Gasteiger partial charge is 0.306 e. The van der Waals surface area contributed by atoms with Crippen LogP contribution in [-0.4, -0.2) is 42.8 Å². The number of rotatable bonds is 7. The lowest BCUT2D eigenvalue weighted by Gasteiger charge is -2.37. The summed E-state index contributed by atoms with van der Waals surface area (Å²) >= 11 is 0. The van der Waals surface area contributed by atoms with Crippen molar-refractivity contribution in [3.63, 3.8) is 0 Å². The monoisotopic (exact) mass is 419 g/mol. The number of hydrogen-bond acceptors (Lipinski definition) is 4. The summed E-state index contributed by atoms with van der Waals surface area (Å²) in [6.45, 7) is 4.01. The maximum absolute atomic E-state index is 11.5. The third-order valence-electron chi connectivity index (χ3n) is 6.14. The summed E-state index contributed by atoms with van der Waals surface area (Å²) in [4.78, 5) is 13.8. The molecule has 3 aromatic rings. The Balaban J connectivity index is 1.74. The Kier molecular flexibility index (Phi) is 6.42. The lowest BCUT2D eigenvalue weighted by Crippen LogP contribution is -2.39. The van der Waals surface area contributed by atoms with E-state index < -0.39 is 5.97 Å². The van der Waals surface area contributed by atoms with Crippen LogP contribution >= 0.6 is 0 Å². The Bertz CT molecular complexity index is 1060. The first kappa shape index (κ1) is 21.2. The van der Waals surface area contributed by atoms with E-state index in [-0.39, 0.29) is 12.0 Å². The molecule has 1 atom stereocenters. The van der Waals surface area contributed by atoms with Gasteiger partial charge in [0.25, 0.3) is 0 Å². The predicted molar refractivity (Wildman–Crippen MR) is 122 cm³/mol. The number of aliphatic carboxylic acids is 1. The predicted octanol–water partition coefficient (Wildman–Crippen LogP) is 5.13. The van der Waals surface area contributed by atoms with E-state index in [0.717, 1.165) is 24.4 Å². The highest BCUT2D eigenvalue weighted by Crippen LogP contribution is 2.38. The summed E-state index contributed by atoms with van der Waals surface area (Å²) in [5.74, 6) is 0.495. The number of methoxy groups -OCH3 is 1. The van der Waals surface area contributed by atoms with Gasteiger partial charge in [0.1, 0.15) is 0 Å². The van der Waals surface area contributed by atoms with E-state index in [1.807, 2.05) is 25.1 Å². The number of nitrogens with zero attached hydrogens (tertiary/aromatic N) is 1. The van der Waals surface area contributed by atoms with Gasteiger partial charge < -0.3 is 14.6 Å². The molecule has 31 heavy (non-hydrogen) atoms. The Morgan fingerprint density at radius 2 is 1.68 bits per heavy atom. The average Bonchev–Trinajstić information content (AvgIpc) is 2.80. The van der Waals surface area contributed by atoms with Gasteiger partial charge >= 0.3 is 5.97 Å². The number of carboxylic acids is 1. The van der Waals surface area contributed by atoms with Crippen LogP contribution in [0.4, 0.5) is 0 Å². The molecule has 0 radical (unpaired) electrons. The number of piperidine rings is 1. The molecule has 0 spiro atoms. The van der Waals surface area contributed by atoms with Crippen molar-refractivity contribution in [1.82, 2.24) is 4.90 Å². The maximum Gasteiger partial charge on any atom is 0.306 e. The van der Waals surface area contributed by atoms with E-state index in [4.69, 9.17) is 9.47 Å². The van der Waals surface area contributed by atoms with Gasteiger partial charge in [0.15, 0.2) is 11.5 Å². The minimum Gasteiger partial charge on any atom is -0.493 e. The summed E-state index contributed by atoms with van der Waals surface area (Å²) in [6, 6.07) is 21.1. The van der Waals surface area contributed by atoms with Gasteiger partial charge in [-0.1, -0.05) is 42.5 Å². The molecular weight excluding hydrogens is 390 g/mol. The third kappa shape index (κ3) is 4.52. The second kappa shape index (κ2) is 9.40. The molecule has 3 aromatic carbocycles. The molecule has 1 unspecified atom stereocenters. The zero-order valence-corrected chi connectivity index (χ0v) is 18.1. The molecule has 5 heteroatoms. The fourth-order valence-corrected chi connectivity index (χ4v) is 4.53. The summed E-state index contributed by atoms with van der Waals surface area (Å²) in [5.41, 5.74) is 2.31. The summed E-state index contributed by atoms with van der Waals surface area (Å²) in [7, 11) is 1.66. The van der Waals surface area contributed by atoms with Crippen molar-refractivity contribution in [3.05, 3.63) is 71.8 Å². The van der Waals surface area contributed by atoms with E-state index >= 15 is 0 Å². The van der Waals surface area contributed by atoms with Crippen molar-refractivity contribution >= 4 is 16.7 Å². The van der Waals surface area contributed by atoms with E-state index in [0.29, 0.717) is 25.2 Å². The Morgan fingerprint density at radius 1 is 1.00 bits per heavy atom. The molecule has 162 valence electrons. The summed E-state index contributed by atoms with van der Waals surface area (Å²) in [6.07, 6.45) is 1.32. The number of carboxylic acid groups (broad SMARTS) is 1. The first-order valence-electron chi connectivity index (χ1n) is 10.9. The van der Waals surface area contributed by atoms with E-state index in [2.05, 4.69) is 47.4 Å². The van der Waals surface area contributed by atoms with Gasteiger partial charge in [0.2, 0.25) is 0 Å². The van der Waals surface area contributed by atoms with Gasteiger partial charge in [-0.3, -0.25) is 9.69 Å². The average molecular weight is 420 g/mol. The van der Waals surface area contributed by atoms with Crippen molar-refractivity contribution in [2.24, 2.45) is 5.92 Å². The highest BCUT2D eigenvalue weighted by atomic mass is 16.5. The van der Waals surface area contributed by atoms with Crippen molar-refractivity contribution < 1.29 is 19.4 Å². The van der Waals surface area contributed by atoms with Crippen LogP contribution in [0.2, 0.25) is 0 Å². The molecule has 0 saturated carbocycles. The van der Waals surface area contributed by atoms with Gasteiger partial charge in [0.05, 0.1) is 25.7 Å². The van der Waals surface area contributed by atoms with Crippen LogP contribution in [0.5, 0.6) is 11.5 Å². The Hall–Kier alpha value is -3.05. The van der Waals surface area contributed by atoms with E-state index in [1.54, 1.807) is 7.11 Å². The van der Waals surface area contributed by atoms with Crippen molar-refractivity contribution in [2.45, 2.75) is 25.8 Å². The van der Waals surface area contributed by atoms with E-state index in [9.17, 15) is 9.90 Å². The maximum atomic E-state index is 11.5. The number of hydrogen-bond donors (Lipinski definition) is 1. The first-order chi connectivity index (χ1) is 15.1. The molecule has 1 fully saturated rings. The number of carbonyl (C=O) groups is 1. The topological polar surface area (TPSA) is 59.0 Å². The molecule has 0 bridgehead atoms.